The molecular weight excluding hydrogens is 234 g/mol. The van der Waals surface area contributed by atoms with Crippen LogP contribution in [0.5, 0.6) is 0 Å². The third-order valence-electron chi connectivity index (χ3n) is 3.68. The third kappa shape index (κ3) is 2.54. The van der Waals surface area contributed by atoms with Gasteiger partial charge in [0.1, 0.15) is 0 Å². The molecule has 1 N–H and O–H groups in total. The van der Waals surface area contributed by atoms with Gasteiger partial charge in [-0.3, -0.25) is 19.3 Å². The molecule has 0 spiro atoms. The first-order chi connectivity index (χ1) is 8.07. The summed E-state index contributed by atoms with van der Waals surface area (Å²) < 4.78 is 0. The summed E-state index contributed by atoms with van der Waals surface area (Å²) >= 11 is 0. The van der Waals surface area contributed by atoms with E-state index in [2.05, 4.69) is 0 Å². The van der Waals surface area contributed by atoms with Gasteiger partial charge in [0.15, 0.2) is 0 Å². The maximum Gasteiger partial charge on any atom is 0.305 e. The molecule has 3 unspecified atom stereocenters. The van der Waals surface area contributed by atoms with Crippen LogP contribution in [-0.4, -0.2) is 33.8 Å². The van der Waals surface area contributed by atoms with Crippen molar-refractivity contribution < 1.29 is 19.5 Å². The van der Waals surface area contributed by atoms with E-state index in [-0.39, 0.29) is 30.1 Å². The van der Waals surface area contributed by atoms with Crippen LogP contribution in [0, 0.1) is 17.3 Å². The summed E-state index contributed by atoms with van der Waals surface area (Å²) in [5.74, 6) is -2.24. The van der Waals surface area contributed by atoms with E-state index in [1.165, 1.54) is 4.90 Å². The van der Waals surface area contributed by atoms with Gasteiger partial charge in [-0.05, 0) is 5.41 Å². The number of nitrogens with zero attached hydrogens (tertiary/aromatic N) is 1. The standard InChI is InChI=1S/C13H21NO4/c1-7-8(2)12(18)14(11(7)17)9(6-10(15)16)13(3,4)5/h7-9H,6H2,1-5H3,(H,15,16). The van der Waals surface area contributed by atoms with Crippen molar-refractivity contribution in [2.24, 2.45) is 17.3 Å². The summed E-state index contributed by atoms with van der Waals surface area (Å²) in [6.07, 6.45) is -0.208. The Labute approximate surface area is 107 Å². The van der Waals surface area contributed by atoms with Gasteiger partial charge in [0.2, 0.25) is 11.8 Å². The smallest absolute Gasteiger partial charge is 0.305 e. The average molecular weight is 255 g/mol. The zero-order valence-electron chi connectivity index (χ0n) is 11.6. The molecular formula is C13H21NO4. The van der Waals surface area contributed by atoms with Crippen LogP contribution >= 0.6 is 0 Å². The number of aliphatic carboxylic acids is 1. The molecule has 0 aromatic heterocycles. The quantitative estimate of drug-likeness (QED) is 0.776. The SMILES string of the molecule is CC1C(=O)N(C(CC(=O)O)C(C)(C)C)C(=O)C1C. The number of carbonyl (C=O) groups excluding carboxylic acids is 2. The van der Waals surface area contributed by atoms with E-state index in [0.29, 0.717) is 0 Å². The van der Waals surface area contributed by atoms with Gasteiger partial charge < -0.3 is 5.11 Å². The Balaban J connectivity index is 3.10. The highest BCUT2D eigenvalue weighted by Crippen LogP contribution is 2.35. The molecule has 0 aromatic rings. The van der Waals surface area contributed by atoms with E-state index >= 15 is 0 Å². The van der Waals surface area contributed by atoms with Crippen molar-refractivity contribution >= 4 is 17.8 Å². The van der Waals surface area contributed by atoms with E-state index < -0.39 is 17.4 Å². The zero-order chi connectivity index (χ0) is 14.2. The van der Waals surface area contributed by atoms with Crippen LogP contribution in [0.25, 0.3) is 0 Å². The number of imide groups is 1. The van der Waals surface area contributed by atoms with Crippen molar-refractivity contribution in [1.29, 1.82) is 0 Å². The van der Waals surface area contributed by atoms with Crippen LogP contribution in [0.1, 0.15) is 41.0 Å². The minimum atomic E-state index is -0.997. The van der Waals surface area contributed by atoms with E-state index in [1.807, 2.05) is 20.8 Å². The molecule has 1 saturated heterocycles. The lowest BCUT2D eigenvalue weighted by atomic mass is 9.83. The lowest BCUT2D eigenvalue weighted by molar-refractivity contribution is -0.148. The Hall–Kier alpha value is -1.39. The molecule has 1 heterocycles. The summed E-state index contributed by atoms with van der Waals surface area (Å²) in [5.41, 5.74) is -0.451. The second kappa shape index (κ2) is 4.71. The Morgan fingerprint density at radius 1 is 1.22 bits per heavy atom. The third-order valence-corrected chi connectivity index (χ3v) is 3.68. The molecule has 0 bridgehead atoms. The van der Waals surface area contributed by atoms with Gasteiger partial charge in [-0.1, -0.05) is 34.6 Å². The van der Waals surface area contributed by atoms with Crippen LogP contribution in [0.3, 0.4) is 0 Å². The molecule has 0 aromatic carbocycles. The van der Waals surface area contributed by atoms with E-state index in [0.717, 1.165) is 0 Å². The number of carbonyl (C=O) groups is 3. The highest BCUT2D eigenvalue weighted by molar-refractivity contribution is 6.05. The number of amides is 2. The minimum Gasteiger partial charge on any atom is -0.481 e. The van der Waals surface area contributed by atoms with Crippen molar-refractivity contribution in [1.82, 2.24) is 4.90 Å². The summed E-state index contributed by atoms with van der Waals surface area (Å²) in [4.78, 5) is 36.3. The van der Waals surface area contributed by atoms with Crippen LogP contribution in [-0.2, 0) is 14.4 Å². The fourth-order valence-corrected chi connectivity index (χ4v) is 2.23. The summed E-state index contributed by atoms with van der Waals surface area (Å²) in [5, 5.41) is 8.96. The van der Waals surface area contributed by atoms with Crippen LogP contribution in [0.4, 0.5) is 0 Å². The minimum absolute atomic E-state index is 0.208. The molecule has 18 heavy (non-hydrogen) atoms. The van der Waals surface area contributed by atoms with Crippen molar-refractivity contribution in [2.45, 2.75) is 47.1 Å². The normalized spacial score (nSPS) is 26.6. The lowest BCUT2D eigenvalue weighted by Gasteiger charge is -2.36. The second-order valence-corrected chi connectivity index (χ2v) is 6.10. The van der Waals surface area contributed by atoms with Gasteiger partial charge in [0, 0.05) is 11.8 Å². The number of hydrogen-bond donors (Lipinski definition) is 1. The molecule has 5 nitrogen and oxygen atoms in total. The molecule has 0 saturated carbocycles. The molecule has 1 aliphatic heterocycles. The molecule has 1 aliphatic rings. The first-order valence-corrected chi connectivity index (χ1v) is 6.16. The van der Waals surface area contributed by atoms with Gasteiger partial charge in [-0.15, -0.1) is 0 Å². The van der Waals surface area contributed by atoms with Crippen molar-refractivity contribution in [3.05, 3.63) is 0 Å². The topological polar surface area (TPSA) is 74.7 Å². The van der Waals surface area contributed by atoms with Gasteiger partial charge in [0.25, 0.3) is 0 Å². The molecule has 3 atom stereocenters. The fraction of sp³-hybridized carbons (Fsp3) is 0.769. The van der Waals surface area contributed by atoms with Gasteiger partial charge >= 0.3 is 5.97 Å². The summed E-state index contributed by atoms with van der Waals surface area (Å²) in [6.45, 7) is 8.95. The van der Waals surface area contributed by atoms with Gasteiger partial charge in [-0.25, -0.2) is 0 Å². The maximum absolute atomic E-state index is 12.1. The van der Waals surface area contributed by atoms with Crippen molar-refractivity contribution in [2.75, 3.05) is 0 Å². The number of carboxylic acids is 1. The van der Waals surface area contributed by atoms with Crippen LogP contribution in [0.2, 0.25) is 0 Å². The van der Waals surface area contributed by atoms with E-state index in [1.54, 1.807) is 13.8 Å². The van der Waals surface area contributed by atoms with Crippen LogP contribution in [0.15, 0.2) is 0 Å². The fourth-order valence-electron chi connectivity index (χ4n) is 2.23. The van der Waals surface area contributed by atoms with E-state index in [9.17, 15) is 14.4 Å². The average Bonchev–Trinajstić information content (AvgIpc) is 2.39. The number of rotatable bonds is 3. The molecule has 2 amide bonds. The van der Waals surface area contributed by atoms with Gasteiger partial charge in [0.05, 0.1) is 12.5 Å². The molecule has 0 radical (unpaired) electrons. The number of likely N-dealkylation sites (tertiary alicyclic amines) is 1. The van der Waals surface area contributed by atoms with Crippen LogP contribution < -0.4 is 0 Å². The Kier molecular flexibility index (Phi) is 3.84. The molecule has 5 heteroatoms. The number of carboxylic acid groups (broad SMARTS) is 1. The Morgan fingerprint density at radius 3 is 1.89 bits per heavy atom. The molecule has 102 valence electrons. The van der Waals surface area contributed by atoms with Crippen molar-refractivity contribution in [3.8, 4) is 0 Å². The highest BCUT2D eigenvalue weighted by atomic mass is 16.4. The number of hydrogen-bond acceptors (Lipinski definition) is 3. The lowest BCUT2D eigenvalue weighted by Crippen LogP contribution is -2.48. The molecule has 1 rings (SSSR count). The first-order valence-electron chi connectivity index (χ1n) is 6.16. The summed E-state index contributed by atoms with van der Waals surface area (Å²) in [6, 6.07) is -0.595. The molecule has 0 aliphatic carbocycles. The highest BCUT2D eigenvalue weighted by Gasteiger charge is 2.48. The summed E-state index contributed by atoms with van der Waals surface area (Å²) in [7, 11) is 0. The Morgan fingerprint density at radius 2 is 1.61 bits per heavy atom. The second-order valence-electron chi connectivity index (χ2n) is 6.10. The maximum atomic E-state index is 12.1. The van der Waals surface area contributed by atoms with E-state index in [4.69, 9.17) is 5.11 Å². The Bertz CT molecular complexity index is 363. The first kappa shape index (κ1) is 14.7. The predicted molar refractivity (Wildman–Crippen MR) is 65.7 cm³/mol. The monoisotopic (exact) mass is 255 g/mol. The predicted octanol–water partition coefficient (Wildman–Crippen LogP) is 1.52. The van der Waals surface area contributed by atoms with Gasteiger partial charge in [-0.2, -0.15) is 0 Å². The molecule has 1 fully saturated rings. The van der Waals surface area contributed by atoms with Crippen molar-refractivity contribution in [3.63, 3.8) is 0 Å². The zero-order valence-corrected chi connectivity index (χ0v) is 11.6. The largest absolute Gasteiger partial charge is 0.481 e.